The summed E-state index contributed by atoms with van der Waals surface area (Å²) in [6.07, 6.45) is -2.02. The van der Waals surface area contributed by atoms with E-state index in [0.29, 0.717) is 24.7 Å². The molecule has 1 aliphatic rings. The number of sulfonamides is 1. The van der Waals surface area contributed by atoms with Gasteiger partial charge in [0.05, 0.1) is 16.1 Å². The molecule has 1 N–H and O–H groups in total. The van der Waals surface area contributed by atoms with Crippen LogP contribution in [0.5, 0.6) is 0 Å². The van der Waals surface area contributed by atoms with Crippen LogP contribution in [-0.4, -0.2) is 32.3 Å². The Labute approximate surface area is 177 Å². The molecule has 0 atom stereocenters. The molecule has 1 aliphatic heterocycles. The van der Waals surface area contributed by atoms with Crippen molar-refractivity contribution in [2.75, 3.05) is 17.8 Å². The Hall–Kier alpha value is -2.26. The predicted molar refractivity (Wildman–Crippen MR) is 108 cm³/mol. The van der Waals surface area contributed by atoms with Crippen molar-refractivity contribution >= 4 is 33.2 Å². The van der Waals surface area contributed by atoms with E-state index in [4.69, 9.17) is 11.6 Å². The third-order valence-corrected chi connectivity index (χ3v) is 6.52. The normalized spacial score (nSPS) is 15.2. The van der Waals surface area contributed by atoms with Gasteiger partial charge in [-0.25, -0.2) is 8.42 Å². The first-order chi connectivity index (χ1) is 14.0. The lowest BCUT2D eigenvalue weighted by molar-refractivity contribution is -0.136. The van der Waals surface area contributed by atoms with Crippen molar-refractivity contribution in [3.05, 3.63) is 58.1 Å². The Bertz CT molecular complexity index is 1070. The zero-order chi connectivity index (χ0) is 22.1. The molecule has 1 saturated heterocycles. The maximum absolute atomic E-state index is 13.3. The highest BCUT2D eigenvalue weighted by Crippen LogP contribution is 2.37. The Morgan fingerprint density at radius 2 is 1.73 bits per heavy atom. The first-order valence-corrected chi connectivity index (χ1v) is 11.1. The van der Waals surface area contributed by atoms with Crippen LogP contribution in [0.15, 0.2) is 41.3 Å². The third kappa shape index (κ3) is 4.89. The van der Waals surface area contributed by atoms with Gasteiger partial charge in [-0.3, -0.25) is 9.52 Å². The topological polar surface area (TPSA) is 66.5 Å². The molecule has 5 nitrogen and oxygen atoms in total. The number of hydrogen-bond acceptors (Lipinski definition) is 3. The Morgan fingerprint density at radius 1 is 1.07 bits per heavy atom. The second-order valence-corrected chi connectivity index (χ2v) is 9.24. The van der Waals surface area contributed by atoms with E-state index in [1.165, 1.54) is 18.2 Å². The first-order valence-electron chi connectivity index (χ1n) is 9.28. The van der Waals surface area contributed by atoms with Crippen LogP contribution < -0.4 is 4.72 Å². The summed E-state index contributed by atoms with van der Waals surface area (Å²) in [5.74, 6) is -0.285. The van der Waals surface area contributed by atoms with E-state index < -0.39 is 27.5 Å². The summed E-state index contributed by atoms with van der Waals surface area (Å²) in [7, 11) is -4.38. The quantitative estimate of drug-likeness (QED) is 0.690. The van der Waals surface area contributed by atoms with Crippen LogP contribution in [0.4, 0.5) is 18.9 Å². The van der Waals surface area contributed by atoms with Gasteiger partial charge >= 0.3 is 6.18 Å². The van der Waals surface area contributed by atoms with Crippen LogP contribution in [0, 0.1) is 6.92 Å². The monoisotopic (exact) mass is 460 g/mol. The predicted octanol–water partition coefficient (Wildman–Crippen LogP) is 5.09. The molecule has 10 heteroatoms. The zero-order valence-corrected chi connectivity index (χ0v) is 17.7. The first kappa shape index (κ1) is 22.4. The minimum Gasteiger partial charge on any atom is -0.339 e. The number of halogens is 4. The van der Waals surface area contributed by atoms with Gasteiger partial charge in [0.2, 0.25) is 0 Å². The molecule has 0 saturated carbocycles. The molecule has 1 heterocycles. The number of anilines is 1. The number of carbonyl (C=O) groups excluding carboxylic acids is 1. The van der Waals surface area contributed by atoms with Crippen molar-refractivity contribution in [2.45, 2.75) is 37.3 Å². The number of carbonyl (C=O) groups is 1. The van der Waals surface area contributed by atoms with Gasteiger partial charge in [-0.2, -0.15) is 13.2 Å². The van der Waals surface area contributed by atoms with Crippen molar-refractivity contribution in [2.24, 2.45) is 0 Å². The number of amides is 1. The fourth-order valence-corrected chi connectivity index (χ4v) is 4.59. The number of hydrogen-bond donors (Lipinski definition) is 1. The number of nitrogens with one attached hydrogen (secondary N) is 1. The second-order valence-electron chi connectivity index (χ2n) is 7.12. The van der Waals surface area contributed by atoms with Crippen molar-refractivity contribution in [1.29, 1.82) is 0 Å². The molecule has 1 fully saturated rings. The summed E-state index contributed by atoms with van der Waals surface area (Å²) < 4.78 is 67.4. The fourth-order valence-electron chi connectivity index (χ4n) is 3.31. The maximum Gasteiger partial charge on any atom is 0.418 e. The van der Waals surface area contributed by atoms with Gasteiger partial charge in [0.25, 0.3) is 15.9 Å². The summed E-state index contributed by atoms with van der Waals surface area (Å²) in [5, 5.41) is -0.171. The minimum absolute atomic E-state index is 0.171. The molecule has 0 spiro atoms. The molecule has 0 aromatic heterocycles. The number of piperidine rings is 1. The largest absolute Gasteiger partial charge is 0.418 e. The molecule has 1 amide bonds. The van der Waals surface area contributed by atoms with Crippen LogP contribution in [0.3, 0.4) is 0 Å². The van der Waals surface area contributed by atoms with E-state index in [1.54, 1.807) is 11.8 Å². The molecule has 3 rings (SSSR count). The lowest BCUT2D eigenvalue weighted by Crippen LogP contribution is -2.36. The highest BCUT2D eigenvalue weighted by atomic mass is 35.5. The van der Waals surface area contributed by atoms with Crippen LogP contribution in [0.1, 0.15) is 40.7 Å². The minimum atomic E-state index is -4.80. The molecule has 0 aliphatic carbocycles. The van der Waals surface area contributed by atoms with Crippen LogP contribution in [0.2, 0.25) is 5.02 Å². The summed E-state index contributed by atoms with van der Waals surface area (Å²) in [6, 6.07) is 6.70. The average molecular weight is 461 g/mol. The van der Waals surface area contributed by atoms with Crippen molar-refractivity contribution in [3.63, 3.8) is 0 Å². The van der Waals surface area contributed by atoms with Crippen LogP contribution in [-0.2, 0) is 16.2 Å². The highest BCUT2D eigenvalue weighted by Gasteiger charge is 2.35. The molecule has 2 aromatic carbocycles. The lowest BCUT2D eigenvalue weighted by Gasteiger charge is -2.27. The number of nitrogens with zero attached hydrogens (tertiary/aromatic N) is 1. The SMILES string of the molecule is Cc1ccc(S(=O)(=O)Nc2ccc(Cl)cc2C(F)(F)F)cc1C(=O)N1CCCCC1. The Kier molecular flexibility index (Phi) is 6.33. The Balaban J connectivity index is 1.95. The van der Waals surface area contributed by atoms with Crippen molar-refractivity contribution in [3.8, 4) is 0 Å². The van der Waals surface area contributed by atoms with E-state index >= 15 is 0 Å². The smallest absolute Gasteiger partial charge is 0.339 e. The molecule has 0 radical (unpaired) electrons. The molecule has 162 valence electrons. The zero-order valence-electron chi connectivity index (χ0n) is 16.1. The Morgan fingerprint density at radius 3 is 2.37 bits per heavy atom. The number of benzene rings is 2. The molecule has 0 unspecified atom stereocenters. The maximum atomic E-state index is 13.3. The average Bonchev–Trinajstić information content (AvgIpc) is 2.69. The van der Waals surface area contributed by atoms with Gasteiger partial charge in [0, 0.05) is 23.7 Å². The van der Waals surface area contributed by atoms with E-state index in [1.807, 2.05) is 4.72 Å². The van der Waals surface area contributed by atoms with E-state index in [2.05, 4.69) is 0 Å². The number of aryl methyl sites for hydroxylation is 1. The third-order valence-electron chi connectivity index (χ3n) is 4.92. The van der Waals surface area contributed by atoms with Crippen molar-refractivity contribution in [1.82, 2.24) is 4.90 Å². The summed E-state index contributed by atoms with van der Waals surface area (Å²) in [5.41, 5.74) is -1.04. The number of alkyl halides is 3. The van der Waals surface area contributed by atoms with E-state index in [9.17, 15) is 26.4 Å². The standard InChI is InChI=1S/C20H20ClF3N2O3S/c1-13-5-7-15(12-16(13)19(27)26-9-3-2-4-10-26)30(28,29)25-18-8-6-14(21)11-17(18)20(22,23)24/h5-8,11-12,25H,2-4,9-10H2,1H3. The van der Waals surface area contributed by atoms with Gasteiger partial charge in [-0.1, -0.05) is 17.7 Å². The second kappa shape index (κ2) is 8.47. The van der Waals surface area contributed by atoms with Gasteiger partial charge < -0.3 is 4.90 Å². The highest BCUT2D eigenvalue weighted by molar-refractivity contribution is 7.92. The van der Waals surface area contributed by atoms with E-state index in [-0.39, 0.29) is 21.4 Å². The van der Waals surface area contributed by atoms with Crippen LogP contribution >= 0.6 is 11.6 Å². The van der Waals surface area contributed by atoms with E-state index in [0.717, 1.165) is 31.4 Å². The van der Waals surface area contributed by atoms with Gasteiger partial charge in [-0.05, 0) is 62.1 Å². The van der Waals surface area contributed by atoms with Gasteiger partial charge in [0.15, 0.2) is 0 Å². The molecule has 0 bridgehead atoms. The summed E-state index contributed by atoms with van der Waals surface area (Å²) >= 11 is 5.64. The summed E-state index contributed by atoms with van der Waals surface area (Å²) in [4.78, 5) is 14.2. The van der Waals surface area contributed by atoms with Gasteiger partial charge in [0.1, 0.15) is 0 Å². The molecular formula is C20H20ClF3N2O3S. The van der Waals surface area contributed by atoms with Crippen LogP contribution in [0.25, 0.3) is 0 Å². The molecular weight excluding hydrogens is 441 g/mol. The summed E-state index contributed by atoms with van der Waals surface area (Å²) in [6.45, 7) is 2.86. The number of rotatable bonds is 4. The van der Waals surface area contributed by atoms with Gasteiger partial charge in [-0.15, -0.1) is 0 Å². The van der Waals surface area contributed by atoms with Crippen molar-refractivity contribution < 1.29 is 26.4 Å². The lowest BCUT2D eigenvalue weighted by atomic mass is 10.1. The molecule has 30 heavy (non-hydrogen) atoms. The fraction of sp³-hybridized carbons (Fsp3) is 0.350. The molecule has 2 aromatic rings. The number of likely N-dealkylation sites (tertiary alicyclic amines) is 1.